The summed E-state index contributed by atoms with van der Waals surface area (Å²) >= 11 is 0. The second-order valence-electron chi connectivity index (χ2n) is 11.1. The first-order valence-corrected chi connectivity index (χ1v) is 14.7. The van der Waals surface area contributed by atoms with Gasteiger partial charge in [0.25, 0.3) is 5.95 Å². The van der Waals surface area contributed by atoms with Gasteiger partial charge < -0.3 is 5.11 Å². The summed E-state index contributed by atoms with van der Waals surface area (Å²) in [6.07, 6.45) is 7.75. The molecular weight excluding hydrogens is 528 g/mol. The van der Waals surface area contributed by atoms with Crippen molar-refractivity contribution >= 4 is 9.84 Å². The fraction of sp³-hybridized carbons (Fsp3) is 0.462. The van der Waals surface area contributed by atoms with Gasteiger partial charge in [0.1, 0.15) is 27.7 Å². The molecule has 0 amide bonds. The van der Waals surface area contributed by atoms with Crippen LogP contribution in [0.2, 0.25) is 0 Å². The summed E-state index contributed by atoms with van der Waals surface area (Å²) in [4.78, 5) is 13.4. The van der Waals surface area contributed by atoms with Gasteiger partial charge in [-0.2, -0.15) is 14.9 Å². The van der Waals surface area contributed by atoms with Crippen LogP contribution in [-0.4, -0.2) is 66.6 Å². The molecule has 1 fully saturated rings. The highest BCUT2D eigenvalue weighted by molar-refractivity contribution is 7.90. The predicted octanol–water partition coefficient (Wildman–Crippen LogP) is 2.59. The Balaban J connectivity index is 1.40. The monoisotopic (exact) mass is 555 g/mol. The number of rotatable bonds is 6. The smallest absolute Gasteiger partial charge is 0.252 e. The molecule has 1 saturated carbocycles. The zero-order valence-corrected chi connectivity index (χ0v) is 22.4. The molecule has 3 aromatic rings. The molecular formula is C26H27F2N7O3S. The molecule has 39 heavy (non-hydrogen) atoms. The van der Waals surface area contributed by atoms with Gasteiger partial charge in [-0.15, -0.1) is 5.10 Å². The zero-order valence-electron chi connectivity index (χ0n) is 21.6. The molecule has 13 heteroatoms. The molecule has 0 radical (unpaired) electrons. The third-order valence-corrected chi connectivity index (χ3v) is 9.41. The highest BCUT2D eigenvalue weighted by atomic mass is 32.2. The molecule has 6 rings (SSSR count). The lowest BCUT2D eigenvalue weighted by molar-refractivity contribution is 0.199. The number of halogens is 2. The molecule has 0 spiro atoms. The van der Waals surface area contributed by atoms with Gasteiger partial charge in [-0.05, 0) is 54.0 Å². The lowest BCUT2D eigenvalue weighted by Gasteiger charge is -2.37. The van der Waals surface area contributed by atoms with Gasteiger partial charge in [-0.3, -0.25) is 0 Å². The molecule has 0 aromatic carbocycles. The Kier molecular flexibility index (Phi) is 5.64. The Labute approximate surface area is 223 Å². The Bertz CT molecular complexity index is 1650. The average Bonchev–Trinajstić information content (AvgIpc) is 3.53. The highest BCUT2D eigenvalue weighted by Gasteiger charge is 2.65. The van der Waals surface area contributed by atoms with Crippen LogP contribution in [0.4, 0.5) is 8.78 Å². The Hall–Kier alpha value is -3.45. The van der Waals surface area contributed by atoms with Crippen LogP contribution in [0.1, 0.15) is 61.1 Å². The third kappa shape index (κ3) is 3.85. The summed E-state index contributed by atoms with van der Waals surface area (Å²) in [5, 5.41) is 22.6. The van der Waals surface area contributed by atoms with Crippen molar-refractivity contribution in [2.24, 2.45) is 5.41 Å². The van der Waals surface area contributed by atoms with Gasteiger partial charge in [0, 0.05) is 18.9 Å². The first-order chi connectivity index (χ1) is 18.3. The molecule has 2 unspecified atom stereocenters. The maximum absolute atomic E-state index is 15.7. The number of hydrogen-bond donors (Lipinski definition) is 1. The minimum atomic E-state index is -3.16. The van der Waals surface area contributed by atoms with E-state index in [0.29, 0.717) is 17.2 Å². The Morgan fingerprint density at radius 2 is 2.00 bits per heavy atom. The van der Waals surface area contributed by atoms with Crippen LogP contribution in [0.5, 0.6) is 0 Å². The molecule has 2 bridgehead atoms. The van der Waals surface area contributed by atoms with E-state index >= 15 is 4.39 Å². The number of aryl methyl sites for hydroxylation is 1. The largest absolute Gasteiger partial charge is 0.385 e. The van der Waals surface area contributed by atoms with E-state index in [9.17, 15) is 17.9 Å². The van der Waals surface area contributed by atoms with Crippen molar-refractivity contribution in [3.05, 3.63) is 77.2 Å². The fourth-order valence-electron chi connectivity index (χ4n) is 6.40. The van der Waals surface area contributed by atoms with Crippen molar-refractivity contribution in [3.63, 3.8) is 0 Å². The van der Waals surface area contributed by atoms with Crippen LogP contribution in [-0.2, 0) is 27.3 Å². The predicted molar refractivity (Wildman–Crippen MR) is 136 cm³/mol. The second-order valence-corrected chi connectivity index (χ2v) is 13.3. The maximum atomic E-state index is 15.7. The van der Waals surface area contributed by atoms with Crippen molar-refractivity contribution < 1.29 is 22.3 Å². The van der Waals surface area contributed by atoms with Crippen molar-refractivity contribution in [1.29, 1.82) is 0 Å². The first-order valence-electron chi connectivity index (χ1n) is 12.6. The summed E-state index contributed by atoms with van der Waals surface area (Å²) in [6.45, 7) is 4.24. The van der Waals surface area contributed by atoms with Gasteiger partial charge >= 0.3 is 0 Å². The Morgan fingerprint density at radius 3 is 2.74 bits per heavy atom. The number of hydrogen-bond acceptors (Lipinski definition) is 9. The summed E-state index contributed by atoms with van der Waals surface area (Å²) in [6, 6.07) is 3.42. The summed E-state index contributed by atoms with van der Waals surface area (Å²) in [5.41, 5.74) is -1.58. The van der Waals surface area contributed by atoms with E-state index in [2.05, 4.69) is 39.1 Å². The van der Waals surface area contributed by atoms with Crippen molar-refractivity contribution in [2.75, 3.05) is 12.0 Å². The van der Waals surface area contributed by atoms with Gasteiger partial charge in [-0.1, -0.05) is 19.9 Å². The summed E-state index contributed by atoms with van der Waals surface area (Å²) in [7, 11) is -3.16. The molecule has 10 nitrogen and oxygen atoms in total. The SMILES string of the molecule is CC1(C)[C@H]2CC[C@@]1(c1ccnc(-n3cnc(CCS(C)(=O)=O)n3)n1)c1nnc(C3(F)C=CC(O)C=C3F)cc12. The van der Waals surface area contributed by atoms with Crippen LogP contribution in [0, 0.1) is 5.41 Å². The molecule has 204 valence electrons. The van der Waals surface area contributed by atoms with E-state index < -0.39 is 32.9 Å². The summed E-state index contributed by atoms with van der Waals surface area (Å²) in [5.74, 6) is -0.525. The fourth-order valence-corrected chi connectivity index (χ4v) is 6.95. The first kappa shape index (κ1) is 25.8. The minimum Gasteiger partial charge on any atom is -0.385 e. The minimum absolute atomic E-state index is 0.0166. The quantitative estimate of drug-likeness (QED) is 0.455. The lowest BCUT2D eigenvalue weighted by Crippen LogP contribution is -2.38. The zero-order chi connectivity index (χ0) is 27.8. The van der Waals surface area contributed by atoms with Crippen molar-refractivity contribution in [3.8, 4) is 5.95 Å². The standard InChI is InChI=1S/C26H27F2N7O3S/c1-24(2)17-5-8-25(24,22-16(17)13-20(32-33-22)26(28)9-4-15(36)12-18(26)27)19-6-10-29-23(31-19)35-14-30-21(34-35)7-11-39(3,37)38/h4,6,9-10,12-15,17,36H,5,7-8,11H2,1-3H3/t15?,17-,25+,26?/m0/s1. The van der Waals surface area contributed by atoms with Crippen LogP contribution in [0.25, 0.3) is 5.95 Å². The van der Waals surface area contributed by atoms with E-state index in [-0.39, 0.29) is 35.1 Å². The number of sulfone groups is 1. The highest BCUT2D eigenvalue weighted by Crippen LogP contribution is 2.69. The summed E-state index contributed by atoms with van der Waals surface area (Å²) < 4.78 is 54.8. The van der Waals surface area contributed by atoms with Crippen LogP contribution < -0.4 is 0 Å². The van der Waals surface area contributed by atoms with Gasteiger partial charge in [0.15, 0.2) is 5.82 Å². The van der Waals surface area contributed by atoms with E-state index in [1.807, 2.05) is 6.07 Å². The van der Waals surface area contributed by atoms with E-state index in [4.69, 9.17) is 4.98 Å². The van der Waals surface area contributed by atoms with Crippen molar-refractivity contribution in [2.45, 2.75) is 56.2 Å². The maximum Gasteiger partial charge on any atom is 0.252 e. The molecule has 3 aliphatic rings. The number of fused-ring (bicyclic) bond motifs is 5. The van der Waals surface area contributed by atoms with Crippen LogP contribution >= 0.6 is 0 Å². The number of aromatic nitrogens is 7. The molecule has 3 heterocycles. The van der Waals surface area contributed by atoms with Crippen molar-refractivity contribution in [1.82, 2.24) is 34.9 Å². The second kappa shape index (κ2) is 8.52. The Morgan fingerprint density at radius 1 is 1.21 bits per heavy atom. The number of aliphatic hydroxyl groups excluding tert-OH is 1. The molecule has 3 aromatic heterocycles. The van der Waals surface area contributed by atoms with Gasteiger partial charge in [0.05, 0.1) is 28.7 Å². The topological polar surface area (TPSA) is 137 Å². The number of aliphatic hydroxyl groups is 1. The van der Waals surface area contributed by atoms with E-state index in [1.165, 1.54) is 17.1 Å². The normalized spacial score (nSPS) is 28.9. The molecule has 0 aliphatic heterocycles. The average molecular weight is 556 g/mol. The van der Waals surface area contributed by atoms with Gasteiger partial charge in [0.2, 0.25) is 5.67 Å². The lowest BCUT2D eigenvalue weighted by atomic mass is 9.66. The molecule has 4 atom stereocenters. The van der Waals surface area contributed by atoms with E-state index in [0.717, 1.165) is 36.8 Å². The molecule has 3 aliphatic carbocycles. The number of allylic oxidation sites excluding steroid dienone is 2. The third-order valence-electron chi connectivity index (χ3n) is 8.46. The number of alkyl halides is 1. The van der Waals surface area contributed by atoms with Crippen LogP contribution in [0.15, 0.2) is 48.7 Å². The van der Waals surface area contributed by atoms with Crippen LogP contribution in [0.3, 0.4) is 0 Å². The molecule has 0 saturated heterocycles. The molecule has 1 N–H and O–H groups in total. The number of nitrogens with zero attached hydrogens (tertiary/aromatic N) is 7. The van der Waals surface area contributed by atoms with Gasteiger partial charge in [-0.25, -0.2) is 32.2 Å². The van der Waals surface area contributed by atoms with E-state index in [1.54, 1.807) is 12.3 Å².